The molecule has 0 saturated heterocycles. The maximum absolute atomic E-state index is 13.9. The Labute approximate surface area is 95.6 Å². The van der Waals surface area contributed by atoms with Gasteiger partial charge in [-0.15, -0.1) is 0 Å². The van der Waals surface area contributed by atoms with Crippen LogP contribution >= 0.6 is 0 Å². The number of rotatable bonds is 4. The molecule has 0 aliphatic heterocycles. The minimum atomic E-state index is -0.232. The van der Waals surface area contributed by atoms with E-state index in [1.54, 1.807) is 6.07 Å². The van der Waals surface area contributed by atoms with Crippen LogP contribution in [0, 0.1) is 11.2 Å². The van der Waals surface area contributed by atoms with Crippen LogP contribution < -0.4 is 10.5 Å². The molecule has 1 aliphatic rings. The fourth-order valence-corrected chi connectivity index (χ4v) is 2.38. The summed E-state index contributed by atoms with van der Waals surface area (Å²) in [6, 6.07) is 5.31. The molecule has 0 unspecified atom stereocenters. The second kappa shape index (κ2) is 4.42. The molecule has 0 radical (unpaired) electrons. The smallest absolute Gasteiger partial charge is 0.168 e. The van der Waals surface area contributed by atoms with Gasteiger partial charge in [0.1, 0.15) is 0 Å². The van der Waals surface area contributed by atoms with Gasteiger partial charge in [0.2, 0.25) is 0 Å². The average Bonchev–Trinajstić information content (AvgIpc) is 2.25. The number of hydrogen-bond donors (Lipinski definition) is 1. The second-order valence-corrected chi connectivity index (χ2v) is 4.67. The van der Waals surface area contributed by atoms with Gasteiger partial charge in [-0.25, -0.2) is 4.39 Å². The molecule has 0 amide bonds. The van der Waals surface area contributed by atoms with Gasteiger partial charge in [0.05, 0.1) is 7.11 Å². The van der Waals surface area contributed by atoms with E-state index in [0.29, 0.717) is 12.3 Å². The van der Waals surface area contributed by atoms with Crippen LogP contribution in [0.25, 0.3) is 0 Å². The molecule has 0 heterocycles. The lowest BCUT2D eigenvalue weighted by molar-refractivity contribution is 0.143. The largest absolute Gasteiger partial charge is 0.494 e. The first-order chi connectivity index (χ1) is 7.71. The standard InChI is InChI=1S/C13H18FNO/c1-16-11-5-2-4-10(12(11)14)8-13(9-15)6-3-7-13/h2,4-5H,3,6-9,15H2,1H3. The van der Waals surface area contributed by atoms with Crippen LogP contribution in [-0.2, 0) is 6.42 Å². The molecule has 0 bridgehead atoms. The van der Waals surface area contributed by atoms with Crippen molar-refractivity contribution in [3.05, 3.63) is 29.6 Å². The molecular weight excluding hydrogens is 205 g/mol. The van der Waals surface area contributed by atoms with Gasteiger partial charge in [-0.05, 0) is 42.9 Å². The molecule has 0 spiro atoms. The van der Waals surface area contributed by atoms with Gasteiger partial charge in [0.25, 0.3) is 0 Å². The summed E-state index contributed by atoms with van der Waals surface area (Å²) in [5, 5.41) is 0. The molecule has 2 rings (SSSR count). The van der Waals surface area contributed by atoms with E-state index in [4.69, 9.17) is 10.5 Å². The molecule has 3 heteroatoms. The number of hydrogen-bond acceptors (Lipinski definition) is 2. The summed E-state index contributed by atoms with van der Waals surface area (Å²) in [6.07, 6.45) is 4.16. The molecule has 16 heavy (non-hydrogen) atoms. The first-order valence-electron chi connectivity index (χ1n) is 5.72. The van der Waals surface area contributed by atoms with Crippen molar-refractivity contribution in [2.45, 2.75) is 25.7 Å². The number of nitrogens with two attached hydrogens (primary N) is 1. The van der Waals surface area contributed by atoms with E-state index in [-0.39, 0.29) is 11.2 Å². The third-order valence-electron chi connectivity index (χ3n) is 3.68. The molecular formula is C13H18FNO. The molecule has 2 nitrogen and oxygen atoms in total. The molecule has 0 atom stereocenters. The third kappa shape index (κ3) is 1.92. The average molecular weight is 223 g/mol. The SMILES string of the molecule is COc1cccc(CC2(CN)CCC2)c1F. The Morgan fingerprint density at radius 2 is 2.19 bits per heavy atom. The van der Waals surface area contributed by atoms with Crippen molar-refractivity contribution in [1.29, 1.82) is 0 Å². The highest BCUT2D eigenvalue weighted by Gasteiger charge is 2.36. The first kappa shape index (κ1) is 11.4. The minimum absolute atomic E-state index is 0.132. The summed E-state index contributed by atoms with van der Waals surface area (Å²) in [7, 11) is 1.49. The zero-order chi connectivity index (χ0) is 11.6. The number of benzene rings is 1. The molecule has 1 saturated carbocycles. The lowest BCUT2D eigenvalue weighted by Crippen LogP contribution is -2.39. The van der Waals surface area contributed by atoms with E-state index in [9.17, 15) is 4.39 Å². The lowest BCUT2D eigenvalue weighted by atomic mass is 9.65. The van der Waals surface area contributed by atoms with Crippen LogP contribution in [0.4, 0.5) is 4.39 Å². The zero-order valence-corrected chi connectivity index (χ0v) is 9.63. The number of ether oxygens (including phenoxy) is 1. The van der Waals surface area contributed by atoms with Gasteiger partial charge in [-0.1, -0.05) is 18.6 Å². The Kier molecular flexibility index (Phi) is 3.15. The van der Waals surface area contributed by atoms with Crippen molar-refractivity contribution >= 4 is 0 Å². The second-order valence-electron chi connectivity index (χ2n) is 4.67. The summed E-state index contributed by atoms with van der Waals surface area (Å²) in [4.78, 5) is 0. The Balaban J connectivity index is 2.21. The van der Waals surface area contributed by atoms with E-state index in [2.05, 4.69) is 0 Å². The van der Waals surface area contributed by atoms with Crippen molar-refractivity contribution in [3.8, 4) is 5.75 Å². The number of halogens is 1. The third-order valence-corrected chi connectivity index (χ3v) is 3.68. The van der Waals surface area contributed by atoms with Gasteiger partial charge in [0.15, 0.2) is 11.6 Å². The van der Waals surface area contributed by atoms with Crippen LogP contribution in [0.3, 0.4) is 0 Å². The summed E-state index contributed by atoms with van der Waals surface area (Å²) >= 11 is 0. The van der Waals surface area contributed by atoms with Crippen molar-refractivity contribution in [3.63, 3.8) is 0 Å². The highest BCUT2D eigenvalue weighted by molar-refractivity contribution is 5.32. The Hall–Kier alpha value is -1.09. The van der Waals surface area contributed by atoms with Crippen LogP contribution in [0.2, 0.25) is 0 Å². The predicted molar refractivity (Wildman–Crippen MR) is 62.0 cm³/mol. The maximum Gasteiger partial charge on any atom is 0.168 e. The quantitative estimate of drug-likeness (QED) is 0.851. The van der Waals surface area contributed by atoms with E-state index >= 15 is 0 Å². The van der Waals surface area contributed by atoms with Gasteiger partial charge in [-0.3, -0.25) is 0 Å². The van der Waals surface area contributed by atoms with Crippen LogP contribution in [0.1, 0.15) is 24.8 Å². The molecule has 1 aliphatic carbocycles. The first-order valence-corrected chi connectivity index (χ1v) is 5.72. The van der Waals surface area contributed by atoms with Crippen LogP contribution in [0.5, 0.6) is 5.75 Å². The van der Waals surface area contributed by atoms with E-state index < -0.39 is 0 Å². The Morgan fingerprint density at radius 1 is 1.44 bits per heavy atom. The lowest BCUT2D eigenvalue weighted by Gasteiger charge is -2.41. The molecule has 1 aromatic rings. The van der Waals surface area contributed by atoms with Gasteiger partial charge >= 0.3 is 0 Å². The molecule has 0 aromatic heterocycles. The highest BCUT2D eigenvalue weighted by Crippen LogP contribution is 2.43. The number of methoxy groups -OCH3 is 1. The topological polar surface area (TPSA) is 35.2 Å². The molecule has 88 valence electrons. The van der Waals surface area contributed by atoms with E-state index in [1.807, 2.05) is 12.1 Å². The highest BCUT2D eigenvalue weighted by atomic mass is 19.1. The van der Waals surface area contributed by atoms with Gasteiger partial charge in [-0.2, -0.15) is 0 Å². The minimum Gasteiger partial charge on any atom is -0.494 e. The van der Waals surface area contributed by atoms with Gasteiger partial charge < -0.3 is 10.5 Å². The normalized spacial score (nSPS) is 17.9. The Morgan fingerprint density at radius 3 is 2.69 bits per heavy atom. The van der Waals surface area contributed by atoms with Crippen molar-refractivity contribution < 1.29 is 9.13 Å². The van der Waals surface area contributed by atoms with Gasteiger partial charge in [0, 0.05) is 0 Å². The fourth-order valence-electron chi connectivity index (χ4n) is 2.38. The summed E-state index contributed by atoms with van der Waals surface area (Å²) in [6.45, 7) is 0.643. The van der Waals surface area contributed by atoms with Crippen molar-refractivity contribution in [2.24, 2.45) is 11.1 Å². The van der Waals surface area contributed by atoms with E-state index in [0.717, 1.165) is 24.8 Å². The zero-order valence-electron chi connectivity index (χ0n) is 9.63. The van der Waals surface area contributed by atoms with Crippen molar-refractivity contribution in [1.82, 2.24) is 0 Å². The molecule has 1 fully saturated rings. The molecule has 2 N–H and O–H groups in total. The van der Waals surface area contributed by atoms with Crippen LogP contribution in [0.15, 0.2) is 18.2 Å². The Bertz CT molecular complexity index is 369. The monoisotopic (exact) mass is 223 g/mol. The maximum atomic E-state index is 13.9. The summed E-state index contributed by atoms with van der Waals surface area (Å²) in [5.74, 6) is 0.0914. The molecule has 1 aromatic carbocycles. The van der Waals surface area contributed by atoms with E-state index in [1.165, 1.54) is 13.5 Å². The summed E-state index contributed by atoms with van der Waals surface area (Å²) < 4.78 is 18.9. The van der Waals surface area contributed by atoms with Crippen molar-refractivity contribution in [2.75, 3.05) is 13.7 Å². The summed E-state index contributed by atoms with van der Waals surface area (Å²) in [5.41, 5.74) is 6.64. The predicted octanol–water partition coefficient (Wildman–Crippen LogP) is 2.51. The van der Waals surface area contributed by atoms with Crippen LogP contribution in [-0.4, -0.2) is 13.7 Å². The fraction of sp³-hybridized carbons (Fsp3) is 0.538.